The number of hydrogen-bond donors (Lipinski definition) is 2. The van der Waals surface area contributed by atoms with Crippen LogP contribution in [0, 0.1) is 11.3 Å². The third kappa shape index (κ3) is 4.81. The van der Waals surface area contributed by atoms with Crippen molar-refractivity contribution in [3.8, 4) is 6.07 Å². The normalized spacial score (nSPS) is 24.9. The van der Waals surface area contributed by atoms with E-state index in [1.54, 1.807) is 17.0 Å². The van der Waals surface area contributed by atoms with Gasteiger partial charge >= 0.3 is 5.97 Å². The minimum absolute atomic E-state index is 0.102. The van der Waals surface area contributed by atoms with Crippen LogP contribution in [0.2, 0.25) is 0 Å². The Labute approximate surface area is 157 Å². The molecule has 2 N–H and O–H groups in total. The highest BCUT2D eigenvalue weighted by Crippen LogP contribution is 2.21. The van der Waals surface area contributed by atoms with Crippen LogP contribution < -0.4 is 5.32 Å². The molecule has 1 unspecified atom stereocenters. The average molecular weight is 374 g/mol. The van der Waals surface area contributed by atoms with E-state index in [9.17, 15) is 19.1 Å². The van der Waals surface area contributed by atoms with Gasteiger partial charge in [0.25, 0.3) is 0 Å². The van der Waals surface area contributed by atoms with Gasteiger partial charge in [-0.05, 0) is 30.5 Å². The van der Waals surface area contributed by atoms with Crippen molar-refractivity contribution in [2.75, 3.05) is 26.2 Å². The van der Waals surface area contributed by atoms with Crippen LogP contribution in [-0.4, -0.2) is 71.2 Å². The van der Waals surface area contributed by atoms with Gasteiger partial charge in [-0.2, -0.15) is 5.26 Å². The number of carboxylic acids is 1. The van der Waals surface area contributed by atoms with Crippen LogP contribution in [0.15, 0.2) is 24.3 Å². The zero-order chi connectivity index (χ0) is 19.4. The summed E-state index contributed by atoms with van der Waals surface area (Å²) in [7, 11) is 0. The molecular formula is C19H23FN4O3. The Balaban J connectivity index is 1.63. The molecular weight excluding hydrogens is 351 g/mol. The maximum absolute atomic E-state index is 13.4. The zero-order valence-electron chi connectivity index (χ0n) is 15.0. The summed E-state index contributed by atoms with van der Waals surface area (Å²) in [6, 6.07) is 8.57. The number of carbonyl (C=O) groups excluding carboxylic acids is 1. The number of rotatable bonds is 6. The van der Waals surface area contributed by atoms with E-state index in [0.29, 0.717) is 38.0 Å². The van der Waals surface area contributed by atoms with E-state index in [-0.39, 0.29) is 25.0 Å². The largest absolute Gasteiger partial charge is 0.480 e. The quantitative estimate of drug-likeness (QED) is 0.763. The standard InChI is InChI=1S/C19H23FN4O3/c20-15-5-6-23(11-15)19(27)17-7-16(9-22-17)24(12-18(25)26)10-14-3-1-13(8-21)2-4-14/h1-4,15-17,22H,5-7,9-12H2,(H,25,26)/t15?,16-,17-/m0/s1. The molecule has 2 aliphatic rings. The van der Waals surface area contributed by atoms with Gasteiger partial charge in [-0.15, -0.1) is 0 Å². The van der Waals surface area contributed by atoms with Gasteiger partial charge < -0.3 is 15.3 Å². The Morgan fingerprint density at radius 2 is 2.11 bits per heavy atom. The lowest BCUT2D eigenvalue weighted by Crippen LogP contribution is -2.42. The lowest BCUT2D eigenvalue weighted by molar-refractivity contribution is -0.139. The molecule has 3 atom stereocenters. The molecule has 0 radical (unpaired) electrons. The highest BCUT2D eigenvalue weighted by molar-refractivity contribution is 5.82. The van der Waals surface area contributed by atoms with Crippen molar-refractivity contribution in [3.05, 3.63) is 35.4 Å². The minimum atomic E-state index is -0.953. The molecule has 3 rings (SSSR count). The van der Waals surface area contributed by atoms with E-state index < -0.39 is 18.2 Å². The Morgan fingerprint density at radius 3 is 2.70 bits per heavy atom. The molecule has 1 aromatic carbocycles. The van der Waals surface area contributed by atoms with Gasteiger partial charge in [-0.3, -0.25) is 14.5 Å². The molecule has 2 heterocycles. The molecule has 144 valence electrons. The van der Waals surface area contributed by atoms with Crippen molar-refractivity contribution in [1.82, 2.24) is 15.1 Å². The first-order valence-electron chi connectivity index (χ1n) is 9.07. The summed E-state index contributed by atoms with van der Waals surface area (Å²) in [5.74, 6) is -1.04. The molecule has 1 aromatic rings. The number of aliphatic carboxylic acids is 1. The second-order valence-electron chi connectivity index (χ2n) is 7.13. The molecule has 0 aromatic heterocycles. The monoisotopic (exact) mass is 374 g/mol. The summed E-state index contributed by atoms with van der Waals surface area (Å²) >= 11 is 0. The predicted molar refractivity (Wildman–Crippen MR) is 95.5 cm³/mol. The first-order chi connectivity index (χ1) is 13.0. The number of amides is 1. The van der Waals surface area contributed by atoms with Gasteiger partial charge in [0.05, 0.1) is 30.8 Å². The average Bonchev–Trinajstić information content (AvgIpc) is 3.30. The van der Waals surface area contributed by atoms with Crippen LogP contribution >= 0.6 is 0 Å². The zero-order valence-corrected chi connectivity index (χ0v) is 15.0. The molecule has 2 aliphatic heterocycles. The SMILES string of the molecule is N#Cc1ccc(CN(CC(=O)O)[C@@H]2CN[C@H](C(=O)N3CCC(F)C3)C2)cc1. The second-order valence-corrected chi connectivity index (χ2v) is 7.13. The fourth-order valence-electron chi connectivity index (χ4n) is 3.73. The Bertz CT molecular complexity index is 733. The number of carbonyl (C=O) groups is 2. The maximum atomic E-state index is 13.4. The Hall–Kier alpha value is -2.50. The van der Waals surface area contributed by atoms with Gasteiger partial charge in [0, 0.05) is 25.7 Å². The van der Waals surface area contributed by atoms with Gasteiger partial charge in [0.15, 0.2) is 0 Å². The number of likely N-dealkylation sites (tertiary alicyclic amines) is 1. The van der Waals surface area contributed by atoms with Gasteiger partial charge in [-0.1, -0.05) is 12.1 Å². The van der Waals surface area contributed by atoms with Crippen molar-refractivity contribution >= 4 is 11.9 Å². The highest BCUT2D eigenvalue weighted by atomic mass is 19.1. The Morgan fingerprint density at radius 1 is 1.37 bits per heavy atom. The number of nitrogens with one attached hydrogen (secondary N) is 1. The van der Waals surface area contributed by atoms with E-state index in [1.807, 2.05) is 17.0 Å². The molecule has 0 saturated carbocycles. The topological polar surface area (TPSA) is 96.7 Å². The summed E-state index contributed by atoms with van der Waals surface area (Å²) in [4.78, 5) is 27.2. The summed E-state index contributed by atoms with van der Waals surface area (Å²) in [5.41, 5.74) is 1.46. The minimum Gasteiger partial charge on any atom is -0.480 e. The van der Waals surface area contributed by atoms with Crippen molar-refractivity contribution in [1.29, 1.82) is 5.26 Å². The van der Waals surface area contributed by atoms with E-state index in [4.69, 9.17) is 5.26 Å². The van der Waals surface area contributed by atoms with Crippen LogP contribution in [0.25, 0.3) is 0 Å². The van der Waals surface area contributed by atoms with Crippen LogP contribution in [0.3, 0.4) is 0 Å². The molecule has 27 heavy (non-hydrogen) atoms. The summed E-state index contributed by atoms with van der Waals surface area (Å²) in [6.45, 7) is 1.37. The lowest BCUT2D eigenvalue weighted by atomic mass is 10.1. The molecule has 0 spiro atoms. The van der Waals surface area contributed by atoms with Crippen molar-refractivity contribution in [2.45, 2.75) is 37.6 Å². The van der Waals surface area contributed by atoms with E-state index >= 15 is 0 Å². The third-order valence-corrected chi connectivity index (χ3v) is 5.17. The van der Waals surface area contributed by atoms with E-state index in [0.717, 1.165) is 5.56 Å². The molecule has 2 fully saturated rings. The number of carboxylic acid groups (broad SMARTS) is 1. The van der Waals surface area contributed by atoms with Crippen molar-refractivity contribution in [2.24, 2.45) is 0 Å². The van der Waals surface area contributed by atoms with E-state index in [2.05, 4.69) is 11.4 Å². The van der Waals surface area contributed by atoms with Crippen LogP contribution in [-0.2, 0) is 16.1 Å². The maximum Gasteiger partial charge on any atom is 0.317 e. The fourth-order valence-corrected chi connectivity index (χ4v) is 3.73. The summed E-state index contributed by atoms with van der Waals surface area (Å²) < 4.78 is 13.4. The summed E-state index contributed by atoms with van der Waals surface area (Å²) in [6.07, 6.45) is -0.0762. The van der Waals surface area contributed by atoms with Gasteiger partial charge in [0.2, 0.25) is 5.91 Å². The fraction of sp³-hybridized carbons (Fsp3) is 0.526. The molecule has 0 bridgehead atoms. The molecule has 0 aliphatic carbocycles. The van der Waals surface area contributed by atoms with Crippen LogP contribution in [0.4, 0.5) is 4.39 Å². The number of benzene rings is 1. The lowest BCUT2D eigenvalue weighted by Gasteiger charge is -2.27. The predicted octanol–water partition coefficient (Wildman–Crippen LogP) is 0.746. The molecule has 1 amide bonds. The number of hydrogen-bond acceptors (Lipinski definition) is 5. The van der Waals surface area contributed by atoms with Gasteiger partial charge in [-0.25, -0.2) is 4.39 Å². The van der Waals surface area contributed by atoms with Crippen molar-refractivity contribution in [3.63, 3.8) is 0 Å². The first-order valence-corrected chi connectivity index (χ1v) is 9.07. The van der Waals surface area contributed by atoms with Crippen LogP contribution in [0.1, 0.15) is 24.0 Å². The number of nitrogens with zero attached hydrogens (tertiary/aromatic N) is 3. The van der Waals surface area contributed by atoms with Crippen LogP contribution in [0.5, 0.6) is 0 Å². The second kappa shape index (κ2) is 8.46. The molecule has 7 nitrogen and oxygen atoms in total. The van der Waals surface area contributed by atoms with E-state index in [1.165, 1.54) is 0 Å². The number of halogens is 1. The summed E-state index contributed by atoms with van der Waals surface area (Å²) in [5, 5.41) is 21.3. The number of alkyl halides is 1. The van der Waals surface area contributed by atoms with Crippen molar-refractivity contribution < 1.29 is 19.1 Å². The smallest absolute Gasteiger partial charge is 0.317 e. The Kier molecular flexibility index (Phi) is 6.04. The van der Waals surface area contributed by atoms with Gasteiger partial charge in [0.1, 0.15) is 6.17 Å². The molecule has 8 heteroatoms. The highest BCUT2D eigenvalue weighted by Gasteiger charge is 2.37. The third-order valence-electron chi connectivity index (χ3n) is 5.17. The first kappa shape index (κ1) is 19.3. The number of nitriles is 1. The molecule has 2 saturated heterocycles.